The topological polar surface area (TPSA) is 43.8 Å². The van der Waals surface area contributed by atoms with Gasteiger partial charge in [0.2, 0.25) is 0 Å². The number of hydrogen-bond donors (Lipinski definition) is 1. The molecule has 0 aliphatic heterocycles. The zero-order valence-electron chi connectivity index (χ0n) is 12.4. The molecule has 0 amide bonds. The Hall–Kier alpha value is -1.39. The van der Waals surface area contributed by atoms with Crippen molar-refractivity contribution in [3.8, 4) is 0 Å². The SMILES string of the molecule is CCc1nn(C)c(CC(CN)Cc2ccccc2F)c1Cl. The van der Waals surface area contributed by atoms with Gasteiger partial charge in [-0.1, -0.05) is 36.7 Å². The minimum atomic E-state index is -0.179. The molecule has 0 aliphatic rings. The Morgan fingerprint density at radius 3 is 2.62 bits per heavy atom. The second kappa shape index (κ2) is 7.05. The van der Waals surface area contributed by atoms with Crippen LogP contribution in [0.4, 0.5) is 4.39 Å². The van der Waals surface area contributed by atoms with Crippen LogP contribution in [-0.4, -0.2) is 16.3 Å². The fourth-order valence-corrected chi connectivity index (χ4v) is 2.90. The first-order valence-corrected chi connectivity index (χ1v) is 7.58. The first-order chi connectivity index (χ1) is 10.1. The van der Waals surface area contributed by atoms with Gasteiger partial charge in [-0.15, -0.1) is 0 Å². The Morgan fingerprint density at radius 2 is 2.05 bits per heavy atom. The third-order valence-corrected chi connectivity index (χ3v) is 4.22. The van der Waals surface area contributed by atoms with Crippen LogP contribution in [0.3, 0.4) is 0 Å². The Labute approximate surface area is 129 Å². The van der Waals surface area contributed by atoms with Gasteiger partial charge in [0.05, 0.1) is 16.4 Å². The molecule has 3 nitrogen and oxygen atoms in total. The van der Waals surface area contributed by atoms with Crippen molar-refractivity contribution < 1.29 is 4.39 Å². The number of nitrogens with two attached hydrogens (primary N) is 1. The molecule has 114 valence electrons. The summed E-state index contributed by atoms with van der Waals surface area (Å²) in [6.45, 7) is 2.51. The standard InChI is InChI=1S/C16H21ClFN3/c1-3-14-16(17)15(21(2)20-14)9-11(10-19)8-12-6-4-5-7-13(12)18/h4-7,11H,3,8-10,19H2,1-2H3. The summed E-state index contributed by atoms with van der Waals surface area (Å²) >= 11 is 6.37. The first kappa shape index (κ1) is 16.0. The van der Waals surface area contributed by atoms with Crippen LogP contribution < -0.4 is 5.73 Å². The van der Waals surface area contributed by atoms with Gasteiger partial charge in [0.15, 0.2) is 0 Å². The minimum Gasteiger partial charge on any atom is -0.330 e. The highest BCUT2D eigenvalue weighted by atomic mass is 35.5. The van der Waals surface area contributed by atoms with Gasteiger partial charge in [-0.25, -0.2) is 4.39 Å². The van der Waals surface area contributed by atoms with Gasteiger partial charge in [0.1, 0.15) is 5.82 Å². The average molecular weight is 310 g/mol. The number of halogens is 2. The maximum atomic E-state index is 13.8. The van der Waals surface area contributed by atoms with Gasteiger partial charge >= 0.3 is 0 Å². The van der Waals surface area contributed by atoms with Crippen molar-refractivity contribution in [2.45, 2.75) is 26.2 Å². The minimum absolute atomic E-state index is 0.138. The zero-order chi connectivity index (χ0) is 15.4. The highest BCUT2D eigenvalue weighted by Gasteiger charge is 2.18. The van der Waals surface area contributed by atoms with E-state index in [-0.39, 0.29) is 11.7 Å². The molecule has 0 spiro atoms. The fraction of sp³-hybridized carbons (Fsp3) is 0.438. The maximum absolute atomic E-state index is 13.8. The summed E-state index contributed by atoms with van der Waals surface area (Å²) < 4.78 is 15.6. The summed E-state index contributed by atoms with van der Waals surface area (Å²) in [6.07, 6.45) is 2.10. The molecule has 1 atom stereocenters. The predicted octanol–water partition coefficient (Wildman–Crippen LogP) is 3.14. The second-order valence-corrected chi connectivity index (χ2v) is 5.66. The van der Waals surface area contributed by atoms with Crippen molar-refractivity contribution in [2.24, 2.45) is 18.7 Å². The molecular weight excluding hydrogens is 289 g/mol. The third-order valence-electron chi connectivity index (χ3n) is 3.78. The second-order valence-electron chi connectivity index (χ2n) is 5.29. The average Bonchev–Trinajstić information content (AvgIpc) is 2.75. The van der Waals surface area contributed by atoms with Gasteiger partial charge in [0, 0.05) is 7.05 Å². The normalized spacial score (nSPS) is 12.6. The van der Waals surface area contributed by atoms with Crippen LogP contribution in [0.5, 0.6) is 0 Å². The molecular formula is C16H21ClFN3. The molecule has 1 aromatic carbocycles. The number of aromatic nitrogens is 2. The summed E-state index contributed by atoms with van der Waals surface area (Å²) in [5.74, 6) is -0.0409. The summed E-state index contributed by atoms with van der Waals surface area (Å²) in [4.78, 5) is 0. The lowest BCUT2D eigenvalue weighted by atomic mass is 9.94. The zero-order valence-corrected chi connectivity index (χ0v) is 13.2. The molecule has 1 aromatic heterocycles. The Morgan fingerprint density at radius 1 is 1.33 bits per heavy atom. The van der Waals surface area contributed by atoms with E-state index in [1.165, 1.54) is 6.07 Å². The Balaban J connectivity index is 2.16. The van der Waals surface area contributed by atoms with E-state index in [0.717, 1.165) is 17.8 Å². The molecule has 2 N–H and O–H groups in total. The lowest BCUT2D eigenvalue weighted by Gasteiger charge is -2.15. The van der Waals surface area contributed by atoms with Crippen LogP contribution in [0.1, 0.15) is 23.9 Å². The summed E-state index contributed by atoms with van der Waals surface area (Å²) in [7, 11) is 1.89. The van der Waals surface area contributed by atoms with Gasteiger partial charge < -0.3 is 5.73 Å². The lowest BCUT2D eigenvalue weighted by Crippen LogP contribution is -2.21. The van der Waals surface area contributed by atoms with E-state index in [9.17, 15) is 4.39 Å². The van der Waals surface area contributed by atoms with E-state index in [1.54, 1.807) is 12.1 Å². The fourth-order valence-electron chi connectivity index (χ4n) is 2.53. The van der Waals surface area contributed by atoms with E-state index < -0.39 is 0 Å². The molecule has 0 aliphatic carbocycles. The molecule has 2 aromatic rings. The van der Waals surface area contributed by atoms with Crippen LogP contribution in [0.2, 0.25) is 5.02 Å². The number of nitrogens with zero attached hydrogens (tertiary/aromatic N) is 2. The van der Waals surface area contributed by atoms with Crippen molar-refractivity contribution in [3.05, 3.63) is 52.1 Å². The molecule has 2 rings (SSSR count). The highest BCUT2D eigenvalue weighted by Crippen LogP contribution is 2.25. The molecule has 1 heterocycles. The molecule has 0 saturated carbocycles. The molecule has 1 unspecified atom stereocenters. The highest BCUT2D eigenvalue weighted by molar-refractivity contribution is 6.31. The van der Waals surface area contributed by atoms with Gasteiger partial charge in [0.25, 0.3) is 0 Å². The Kier molecular flexibility index (Phi) is 5.37. The van der Waals surface area contributed by atoms with Crippen LogP contribution in [0.25, 0.3) is 0 Å². The van der Waals surface area contributed by atoms with Gasteiger partial charge in [-0.3, -0.25) is 4.68 Å². The Bertz CT molecular complexity index is 610. The monoisotopic (exact) mass is 309 g/mol. The number of rotatable bonds is 6. The maximum Gasteiger partial charge on any atom is 0.126 e. The van der Waals surface area contributed by atoms with Crippen LogP contribution >= 0.6 is 11.6 Å². The van der Waals surface area contributed by atoms with Crippen molar-refractivity contribution in [3.63, 3.8) is 0 Å². The quantitative estimate of drug-likeness (QED) is 0.891. The first-order valence-electron chi connectivity index (χ1n) is 7.20. The molecule has 21 heavy (non-hydrogen) atoms. The molecule has 0 fully saturated rings. The molecule has 0 saturated heterocycles. The smallest absolute Gasteiger partial charge is 0.126 e. The summed E-state index contributed by atoms with van der Waals surface area (Å²) in [5.41, 5.74) is 8.43. The van der Waals surface area contributed by atoms with E-state index in [2.05, 4.69) is 5.10 Å². The predicted molar refractivity (Wildman–Crippen MR) is 83.9 cm³/mol. The van der Waals surface area contributed by atoms with Crippen molar-refractivity contribution in [2.75, 3.05) is 6.54 Å². The largest absolute Gasteiger partial charge is 0.330 e. The van der Waals surface area contributed by atoms with Crippen molar-refractivity contribution in [1.29, 1.82) is 0 Å². The number of benzene rings is 1. The van der Waals surface area contributed by atoms with E-state index in [4.69, 9.17) is 17.3 Å². The summed E-state index contributed by atoms with van der Waals surface area (Å²) in [5, 5.41) is 5.13. The van der Waals surface area contributed by atoms with Crippen molar-refractivity contribution in [1.82, 2.24) is 9.78 Å². The summed E-state index contributed by atoms with van der Waals surface area (Å²) in [6, 6.07) is 6.83. The number of aryl methyl sites for hydroxylation is 2. The van der Waals surface area contributed by atoms with Gasteiger partial charge in [-0.2, -0.15) is 5.10 Å². The molecule has 0 bridgehead atoms. The molecule has 5 heteroatoms. The van der Waals surface area contributed by atoms with E-state index in [1.807, 2.05) is 24.7 Å². The molecule has 0 radical (unpaired) electrons. The van der Waals surface area contributed by atoms with Crippen LogP contribution in [-0.2, 0) is 26.3 Å². The van der Waals surface area contributed by atoms with E-state index in [0.29, 0.717) is 30.0 Å². The van der Waals surface area contributed by atoms with Gasteiger partial charge in [-0.05, 0) is 43.4 Å². The van der Waals surface area contributed by atoms with Crippen LogP contribution in [0.15, 0.2) is 24.3 Å². The van der Waals surface area contributed by atoms with Crippen molar-refractivity contribution >= 4 is 11.6 Å². The lowest BCUT2D eigenvalue weighted by molar-refractivity contribution is 0.495. The van der Waals surface area contributed by atoms with E-state index >= 15 is 0 Å². The van der Waals surface area contributed by atoms with Crippen LogP contribution in [0, 0.1) is 11.7 Å². The third kappa shape index (κ3) is 3.63. The number of hydrogen-bond acceptors (Lipinski definition) is 2.